The van der Waals surface area contributed by atoms with Crippen LogP contribution in [0.1, 0.15) is 38.3 Å². The zero-order valence-corrected chi connectivity index (χ0v) is 13.7. The average Bonchev–Trinajstić information content (AvgIpc) is 2.90. The summed E-state index contributed by atoms with van der Waals surface area (Å²) in [5.74, 6) is 0. The second kappa shape index (κ2) is 7.19. The van der Waals surface area contributed by atoms with Gasteiger partial charge in [0.15, 0.2) is 0 Å². The lowest BCUT2D eigenvalue weighted by Crippen LogP contribution is -1.98. The number of azo groups is 1. The molecule has 2 aromatic carbocycles. The summed E-state index contributed by atoms with van der Waals surface area (Å²) in [5, 5.41) is 9.11. The van der Waals surface area contributed by atoms with Crippen LogP contribution < -0.4 is 0 Å². The van der Waals surface area contributed by atoms with E-state index in [1.165, 1.54) is 22.3 Å². The molecule has 23 heavy (non-hydrogen) atoms. The minimum absolute atomic E-state index is 0.0701. The van der Waals surface area contributed by atoms with Crippen molar-refractivity contribution in [2.45, 2.75) is 32.7 Å². The summed E-state index contributed by atoms with van der Waals surface area (Å²) in [4.78, 5) is 0. The van der Waals surface area contributed by atoms with Crippen molar-refractivity contribution in [3.8, 4) is 0 Å². The zero-order chi connectivity index (χ0) is 16.1. The van der Waals surface area contributed by atoms with Gasteiger partial charge in [-0.3, -0.25) is 0 Å². The quantitative estimate of drug-likeness (QED) is 0.558. The van der Waals surface area contributed by atoms with E-state index in [0.717, 1.165) is 18.5 Å². The van der Waals surface area contributed by atoms with Gasteiger partial charge >= 0.3 is 0 Å². The van der Waals surface area contributed by atoms with Gasteiger partial charge in [0.2, 0.25) is 0 Å². The predicted molar refractivity (Wildman–Crippen MR) is 95.8 cm³/mol. The molecule has 1 unspecified atom stereocenters. The van der Waals surface area contributed by atoms with Gasteiger partial charge in [0.05, 0.1) is 11.7 Å². The van der Waals surface area contributed by atoms with Gasteiger partial charge in [-0.15, -0.1) is 0 Å². The minimum Gasteiger partial charge on any atom is -0.180 e. The Labute approximate surface area is 138 Å². The Morgan fingerprint density at radius 3 is 2.17 bits per heavy atom. The van der Waals surface area contributed by atoms with Crippen LogP contribution in [-0.4, -0.2) is 0 Å². The van der Waals surface area contributed by atoms with Crippen molar-refractivity contribution in [3.63, 3.8) is 0 Å². The van der Waals surface area contributed by atoms with Gasteiger partial charge in [-0.2, -0.15) is 10.2 Å². The molecule has 0 heterocycles. The van der Waals surface area contributed by atoms with Gasteiger partial charge in [-0.25, -0.2) is 0 Å². The lowest BCUT2D eigenvalue weighted by Gasteiger charge is -2.14. The van der Waals surface area contributed by atoms with E-state index in [9.17, 15) is 0 Å². The summed E-state index contributed by atoms with van der Waals surface area (Å²) >= 11 is 0. The third-order valence-electron chi connectivity index (χ3n) is 4.21. The molecule has 1 aliphatic rings. The lowest BCUT2D eigenvalue weighted by molar-refractivity contribution is 0.669. The molecular weight excluding hydrogens is 280 g/mol. The van der Waals surface area contributed by atoms with Crippen LogP contribution in [0, 0.1) is 0 Å². The molecule has 0 aliphatic heterocycles. The van der Waals surface area contributed by atoms with Crippen molar-refractivity contribution in [2.75, 3.05) is 0 Å². The largest absolute Gasteiger partial charge is 0.180 e. The van der Waals surface area contributed by atoms with Gasteiger partial charge in [0, 0.05) is 0 Å². The first-order chi connectivity index (χ1) is 11.2. The van der Waals surface area contributed by atoms with Gasteiger partial charge in [0.1, 0.15) is 0 Å². The number of allylic oxidation sites excluding steroid dienone is 3. The molecule has 0 spiro atoms. The predicted octanol–water partition coefficient (Wildman–Crippen LogP) is 6.57. The molecule has 0 N–H and O–H groups in total. The number of hydrogen-bond donors (Lipinski definition) is 0. The van der Waals surface area contributed by atoms with E-state index >= 15 is 0 Å². The van der Waals surface area contributed by atoms with Crippen LogP contribution in [0.25, 0.3) is 0 Å². The smallest absolute Gasteiger partial charge is 0.0999 e. The number of hydrogen-bond acceptors (Lipinski definition) is 2. The maximum Gasteiger partial charge on any atom is 0.0999 e. The Kier molecular flexibility index (Phi) is 4.82. The van der Waals surface area contributed by atoms with E-state index in [0.29, 0.717) is 0 Å². The standard InChI is InChI=1S/C21H22N2/c1-16-13-17(2)19(14-16)15-21(18-9-5-3-6-10-18)23-22-20-11-7-4-8-12-20/h3-13,21H,14-15H2,1-2H3. The summed E-state index contributed by atoms with van der Waals surface area (Å²) in [7, 11) is 0. The van der Waals surface area contributed by atoms with Crippen LogP contribution in [0.5, 0.6) is 0 Å². The molecule has 0 amide bonds. The highest BCUT2D eigenvalue weighted by molar-refractivity contribution is 5.38. The zero-order valence-electron chi connectivity index (χ0n) is 13.7. The topological polar surface area (TPSA) is 24.7 Å². The van der Waals surface area contributed by atoms with Crippen molar-refractivity contribution >= 4 is 5.69 Å². The molecule has 0 saturated heterocycles. The van der Waals surface area contributed by atoms with E-state index in [1.54, 1.807) is 0 Å². The van der Waals surface area contributed by atoms with Gasteiger partial charge in [-0.05, 0) is 44.4 Å². The Bertz CT molecular complexity index is 740. The molecule has 0 radical (unpaired) electrons. The van der Waals surface area contributed by atoms with Gasteiger partial charge < -0.3 is 0 Å². The fraction of sp³-hybridized carbons (Fsp3) is 0.238. The van der Waals surface area contributed by atoms with Crippen molar-refractivity contribution in [1.82, 2.24) is 0 Å². The maximum atomic E-state index is 4.65. The van der Waals surface area contributed by atoms with Gasteiger partial charge in [-0.1, -0.05) is 71.3 Å². The highest BCUT2D eigenvalue weighted by Crippen LogP contribution is 2.34. The molecule has 0 bridgehead atoms. The van der Waals surface area contributed by atoms with Crippen molar-refractivity contribution in [2.24, 2.45) is 10.2 Å². The second-order valence-corrected chi connectivity index (χ2v) is 6.14. The minimum atomic E-state index is 0.0701. The van der Waals surface area contributed by atoms with E-state index < -0.39 is 0 Å². The lowest BCUT2D eigenvalue weighted by atomic mass is 9.96. The molecule has 2 nitrogen and oxygen atoms in total. The second-order valence-electron chi connectivity index (χ2n) is 6.14. The van der Waals surface area contributed by atoms with Crippen molar-refractivity contribution in [1.29, 1.82) is 0 Å². The summed E-state index contributed by atoms with van der Waals surface area (Å²) < 4.78 is 0. The first kappa shape index (κ1) is 15.4. The Morgan fingerprint density at radius 1 is 0.913 bits per heavy atom. The first-order valence-corrected chi connectivity index (χ1v) is 8.09. The molecular formula is C21H22N2. The van der Waals surface area contributed by atoms with Crippen LogP contribution in [0.15, 0.2) is 93.7 Å². The van der Waals surface area contributed by atoms with E-state index in [-0.39, 0.29) is 6.04 Å². The van der Waals surface area contributed by atoms with Crippen molar-refractivity contribution in [3.05, 3.63) is 89.0 Å². The normalized spacial score (nSPS) is 16.0. The molecule has 2 aromatic rings. The first-order valence-electron chi connectivity index (χ1n) is 8.09. The van der Waals surface area contributed by atoms with Crippen LogP contribution in [0.3, 0.4) is 0 Å². The Morgan fingerprint density at radius 2 is 1.57 bits per heavy atom. The molecule has 2 heteroatoms. The fourth-order valence-electron chi connectivity index (χ4n) is 3.00. The van der Waals surface area contributed by atoms with Crippen molar-refractivity contribution < 1.29 is 0 Å². The van der Waals surface area contributed by atoms with E-state index in [2.05, 4.69) is 54.4 Å². The van der Waals surface area contributed by atoms with E-state index in [4.69, 9.17) is 0 Å². The number of nitrogens with zero attached hydrogens (tertiary/aromatic N) is 2. The fourth-order valence-corrected chi connectivity index (χ4v) is 3.00. The molecule has 3 rings (SSSR count). The number of rotatable bonds is 5. The van der Waals surface area contributed by atoms with Crippen LogP contribution in [-0.2, 0) is 0 Å². The van der Waals surface area contributed by atoms with Gasteiger partial charge in [0.25, 0.3) is 0 Å². The molecule has 0 aromatic heterocycles. The van der Waals surface area contributed by atoms with Crippen LogP contribution >= 0.6 is 0 Å². The van der Waals surface area contributed by atoms with Crippen LogP contribution in [0.4, 0.5) is 5.69 Å². The van der Waals surface area contributed by atoms with E-state index in [1.807, 2.05) is 36.4 Å². The Balaban J connectivity index is 1.83. The number of benzene rings is 2. The summed E-state index contributed by atoms with van der Waals surface area (Å²) in [5.41, 5.74) is 6.42. The third kappa shape index (κ3) is 4.04. The highest BCUT2D eigenvalue weighted by Gasteiger charge is 2.17. The molecule has 1 atom stereocenters. The Hall–Kier alpha value is -2.48. The molecule has 0 saturated carbocycles. The third-order valence-corrected chi connectivity index (χ3v) is 4.21. The molecule has 0 fully saturated rings. The SMILES string of the molecule is CC1=CC(C)=C(CC(N=Nc2ccccc2)c2ccccc2)C1. The summed E-state index contributed by atoms with van der Waals surface area (Å²) in [6.45, 7) is 4.39. The maximum absolute atomic E-state index is 4.65. The monoisotopic (exact) mass is 302 g/mol. The molecule has 1 aliphatic carbocycles. The average molecular weight is 302 g/mol. The van der Waals surface area contributed by atoms with Crippen LogP contribution in [0.2, 0.25) is 0 Å². The highest BCUT2D eigenvalue weighted by atomic mass is 15.1. The summed E-state index contributed by atoms with van der Waals surface area (Å²) in [6, 6.07) is 20.5. The summed E-state index contributed by atoms with van der Waals surface area (Å²) in [6.07, 6.45) is 4.28. The molecule has 116 valence electrons.